The van der Waals surface area contributed by atoms with Crippen molar-refractivity contribution in [2.24, 2.45) is 5.92 Å². The fraction of sp³-hybridized carbons (Fsp3) is 0.464. The second-order valence-electron chi connectivity index (χ2n) is 10.4. The number of phenolic OH excluding ortho intramolecular Hbond substituents is 2. The van der Waals surface area contributed by atoms with Gasteiger partial charge in [-0.1, -0.05) is 35.9 Å². The zero-order valence-corrected chi connectivity index (χ0v) is 19.8. The molecule has 0 aromatic heterocycles. The summed E-state index contributed by atoms with van der Waals surface area (Å²) in [5.41, 5.74) is 4.08. The maximum Gasteiger partial charge on any atom is 0.246 e. The lowest BCUT2D eigenvalue weighted by Gasteiger charge is -2.60. The van der Waals surface area contributed by atoms with Crippen molar-refractivity contribution in [2.75, 3.05) is 20.6 Å². The number of piperidine rings is 1. The van der Waals surface area contributed by atoms with Crippen LogP contribution in [0.4, 0.5) is 0 Å². The van der Waals surface area contributed by atoms with Crippen LogP contribution in [-0.2, 0) is 16.6 Å². The number of fused-ring (bicyclic) bond motifs is 1. The molecule has 1 amide bonds. The summed E-state index contributed by atoms with van der Waals surface area (Å²) < 4.78 is 0. The zero-order valence-electron chi connectivity index (χ0n) is 19.8. The van der Waals surface area contributed by atoms with Crippen LogP contribution in [-0.4, -0.2) is 58.6 Å². The van der Waals surface area contributed by atoms with Crippen molar-refractivity contribution in [1.29, 1.82) is 0 Å². The molecule has 2 aromatic carbocycles. The maximum atomic E-state index is 13.1. The van der Waals surface area contributed by atoms with Crippen LogP contribution in [0.1, 0.15) is 47.9 Å². The first-order valence-corrected chi connectivity index (χ1v) is 12.1. The number of rotatable bonds is 3. The Balaban J connectivity index is 1.44. The van der Waals surface area contributed by atoms with E-state index in [4.69, 9.17) is 0 Å². The fourth-order valence-electron chi connectivity index (χ4n) is 6.87. The van der Waals surface area contributed by atoms with Crippen molar-refractivity contribution < 1.29 is 15.0 Å². The molecule has 1 unspecified atom stereocenters. The molecule has 1 saturated heterocycles. The minimum Gasteiger partial charge on any atom is -0.504 e. The van der Waals surface area contributed by atoms with E-state index in [0.717, 1.165) is 55.3 Å². The molecule has 2 bridgehead atoms. The lowest BCUT2D eigenvalue weighted by molar-refractivity contribution is -0.129. The molecule has 5 nitrogen and oxygen atoms in total. The van der Waals surface area contributed by atoms with E-state index in [9.17, 15) is 15.0 Å². The maximum absolute atomic E-state index is 13.1. The Morgan fingerprint density at radius 2 is 2.03 bits per heavy atom. The quantitative estimate of drug-likeness (QED) is 0.547. The van der Waals surface area contributed by atoms with Crippen LogP contribution >= 0.6 is 0 Å². The molecular weight excluding hydrogens is 412 g/mol. The average Bonchev–Trinajstić information content (AvgIpc) is 2.81. The molecular formula is C28H34N2O3. The van der Waals surface area contributed by atoms with Crippen LogP contribution < -0.4 is 0 Å². The SMILES string of the molecule is Cc1cccc(/C=C/C(=O)N(C)C2CC[C@H]3[C@H]4Cc5ccc(O)c(O)c5[C@@]3(CCN4C)C2)c1. The van der Waals surface area contributed by atoms with E-state index in [-0.39, 0.29) is 28.9 Å². The van der Waals surface area contributed by atoms with Crippen molar-refractivity contribution in [1.82, 2.24) is 9.80 Å². The molecule has 1 heterocycles. The van der Waals surface area contributed by atoms with E-state index >= 15 is 0 Å². The molecule has 174 valence electrons. The summed E-state index contributed by atoms with van der Waals surface area (Å²) >= 11 is 0. The Kier molecular flexibility index (Phi) is 5.48. The van der Waals surface area contributed by atoms with Crippen LogP contribution in [0.2, 0.25) is 0 Å². The second-order valence-corrected chi connectivity index (χ2v) is 10.4. The molecule has 2 N–H and O–H groups in total. The Bertz CT molecular complexity index is 1110. The molecule has 4 atom stereocenters. The third-order valence-corrected chi connectivity index (χ3v) is 8.59. The first kappa shape index (κ1) is 22.0. The van der Waals surface area contributed by atoms with Crippen LogP contribution in [0.25, 0.3) is 6.08 Å². The monoisotopic (exact) mass is 446 g/mol. The molecule has 0 radical (unpaired) electrons. The number of carbonyl (C=O) groups is 1. The van der Waals surface area contributed by atoms with Gasteiger partial charge in [0, 0.05) is 36.2 Å². The Labute approximate surface area is 196 Å². The van der Waals surface area contributed by atoms with Crippen LogP contribution in [0, 0.1) is 12.8 Å². The summed E-state index contributed by atoms with van der Waals surface area (Å²) in [4.78, 5) is 17.4. The summed E-state index contributed by atoms with van der Waals surface area (Å²) in [5, 5.41) is 21.3. The lowest BCUT2D eigenvalue weighted by atomic mass is 9.51. The minimum absolute atomic E-state index is 0.0111. The standard InChI is InChI=1S/C28H34N2O3/c1-18-5-4-6-19(15-18)7-12-25(32)30(3)21-9-10-22-23-16-20-8-11-24(31)27(33)26(20)28(22,17-21)13-14-29(23)2/h4-8,11-12,15,21-23,31,33H,9-10,13-14,16-17H2,1-3H3/b12-7+/t21?,22-,23+,28-/m0/s1. The number of nitrogens with zero attached hydrogens (tertiary/aromatic N) is 2. The van der Waals surface area contributed by atoms with E-state index < -0.39 is 0 Å². The van der Waals surface area contributed by atoms with E-state index in [1.807, 2.05) is 49.2 Å². The third-order valence-electron chi connectivity index (χ3n) is 8.59. The number of carbonyl (C=O) groups excluding carboxylic acids is 1. The van der Waals surface area contributed by atoms with E-state index in [0.29, 0.717) is 12.0 Å². The van der Waals surface area contributed by atoms with Gasteiger partial charge in [0.2, 0.25) is 5.91 Å². The zero-order chi connectivity index (χ0) is 23.3. The minimum atomic E-state index is -0.203. The highest BCUT2D eigenvalue weighted by atomic mass is 16.3. The highest BCUT2D eigenvalue weighted by Gasteiger charge is 2.56. The molecule has 1 aliphatic heterocycles. The van der Waals surface area contributed by atoms with Crippen LogP contribution in [0.3, 0.4) is 0 Å². The summed E-state index contributed by atoms with van der Waals surface area (Å²) in [7, 11) is 4.11. The molecule has 1 saturated carbocycles. The van der Waals surface area contributed by atoms with Gasteiger partial charge in [0.05, 0.1) is 0 Å². The fourth-order valence-corrected chi connectivity index (χ4v) is 6.87. The lowest BCUT2D eigenvalue weighted by Crippen LogP contribution is -2.62. The Hall–Kier alpha value is -2.79. The Morgan fingerprint density at radius 3 is 2.82 bits per heavy atom. The topological polar surface area (TPSA) is 64.0 Å². The molecule has 5 heteroatoms. The number of hydrogen-bond acceptors (Lipinski definition) is 4. The molecule has 2 fully saturated rings. The van der Waals surface area contributed by atoms with Gasteiger partial charge in [-0.3, -0.25) is 4.79 Å². The summed E-state index contributed by atoms with van der Waals surface area (Å²) in [5.74, 6) is 0.456. The normalized spacial score (nSPS) is 28.9. The van der Waals surface area contributed by atoms with Gasteiger partial charge in [-0.15, -0.1) is 0 Å². The first-order chi connectivity index (χ1) is 15.8. The number of benzene rings is 2. The highest BCUT2D eigenvalue weighted by Crippen LogP contribution is 2.59. The number of aromatic hydroxyl groups is 2. The van der Waals surface area contributed by atoms with E-state index in [1.165, 1.54) is 5.56 Å². The van der Waals surface area contributed by atoms with Gasteiger partial charge in [0.15, 0.2) is 11.5 Å². The molecule has 3 aliphatic rings. The molecule has 0 spiro atoms. The van der Waals surface area contributed by atoms with Gasteiger partial charge >= 0.3 is 0 Å². The second kappa shape index (κ2) is 8.21. The highest BCUT2D eigenvalue weighted by molar-refractivity contribution is 5.91. The number of phenols is 2. The van der Waals surface area contributed by atoms with Gasteiger partial charge in [-0.05, 0) is 81.8 Å². The van der Waals surface area contributed by atoms with Gasteiger partial charge in [0.1, 0.15) is 0 Å². The van der Waals surface area contributed by atoms with Crippen molar-refractivity contribution in [3.63, 3.8) is 0 Å². The van der Waals surface area contributed by atoms with Gasteiger partial charge in [-0.25, -0.2) is 0 Å². The predicted molar refractivity (Wildman–Crippen MR) is 130 cm³/mol. The van der Waals surface area contributed by atoms with Crippen molar-refractivity contribution >= 4 is 12.0 Å². The first-order valence-electron chi connectivity index (χ1n) is 12.1. The summed E-state index contributed by atoms with van der Waals surface area (Å²) in [6.07, 6.45) is 8.22. The van der Waals surface area contributed by atoms with Crippen molar-refractivity contribution in [3.05, 3.63) is 64.7 Å². The van der Waals surface area contributed by atoms with Crippen LogP contribution in [0.15, 0.2) is 42.5 Å². The molecule has 5 rings (SSSR count). The van der Waals surface area contributed by atoms with Crippen molar-refractivity contribution in [2.45, 2.75) is 56.5 Å². The average molecular weight is 447 g/mol. The molecule has 2 aromatic rings. The number of aryl methyl sites for hydroxylation is 1. The largest absolute Gasteiger partial charge is 0.504 e. The number of amides is 1. The summed E-state index contributed by atoms with van der Waals surface area (Å²) in [6.45, 7) is 3.01. The smallest absolute Gasteiger partial charge is 0.246 e. The van der Waals surface area contributed by atoms with Gasteiger partial charge in [0.25, 0.3) is 0 Å². The van der Waals surface area contributed by atoms with E-state index in [2.05, 4.69) is 18.0 Å². The van der Waals surface area contributed by atoms with Gasteiger partial charge in [-0.2, -0.15) is 0 Å². The number of likely N-dealkylation sites (tertiary alicyclic amines) is 1. The molecule has 33 heavy (non-hydrogen) atoms. The van der Waals surface area contributed by atoms with Crippen LogP contribution in [0.5, 0.6) is 11.5 Å². The Morgan fingerprint density at radius 1 is 1.21 bits per heavy atom. The third kappa shape index (κ3) is 3.63. The van der Waals surface area contributed by atoms with Gasteiger partial charge < -0.3 is 20.0 Å². The number of hydrogen-bond donors (Lipinski definition) is 2. The summed E-state index contributed by atoms with van der Waals surface area (Å²) in [6, 6.07) is 12.3. The molecule has 2 aliphatic carbocycles. The predicted octanol–water partition coefficient (Wildman–Crippen LogP) is 4.24. The number of likely N-dealkylation sites (N-methyl/N-ethyl adjacent to an activating group) is 2. The van der Waals surface area contributed by atoms with Crippen molar-refractivity contribution in [3.8, 4) is 11.5 Å². The van der Waals surface area contributed by atoms with E-state index in [1.54, 1.807) is 12.1 Å².